The Morgan fingerprint density at radius 1 is 1.42 bits per heavy atom. The van der Waals surface area contributed by atoms with Gasteiger partial charge in [0.25, 0.3) is 0 Å². The Morgan fingerprint density at radius 3 is 2.63 bits per heavy atom. The largest absolute Gasteiger partial charge is 0.326 e. The van der Waals surface area contributed by atoms with Crippen LogP contribution in [0.1, 0.15) is 25.3 Å². The van der Waals surface area contributed by atoms with Crippen LogP contribution in [0.4, 0.5) is 0 Å². The third-order valence-corrected chi connectivity index (χ3v) is 5.83. The monoisotopic (exact) mass is 322 g/mol. The molecule has 1 saturated carbocycles. The summed E-state index contributed by atoms with van der Waals surface area (Å²) in [6, 6.07) is 2.94. The predicted octanol–water partition coefficient (Wildman–Crippen LogP) is 2.53. The second kappa shape index (κ2) is 5.58. The molecule has 0 saturated heterocycles. The second-order valence-corrected chi connectivity index (χ2v) is 7.14. The number of nitrogens with one attached hydrogen (secondary N) is 1. The van der Waals surface area contributed by atoms with Gasteiger partial charge in [0.2, 0.25) is 10.0 Å². The molecule has 0 bridgehead atoms. The minimum absolute atomic E-state index is 0.0167. The molecule has 0 radical (unpaired) electrons. The molecular formula is C12H16Cl2N2O2S. The van der Waals surface area contributed by atoms with Gasteiger partial charge in [0.1, 0.15) is 4.90 Å². The van der Waals surface area contributed by atoms with Crippen LogP contribution in [0.15, 0.2) is 17.0 Å². The van der Waals surface area contributed by atoms with Crippen LogP contribution in [0.2, 0.25) is 10.0 Å². The number of rotatable bonds is 5. The van der Waals surface area contributed by atoms with E-state index in [1.807, 2.05) is 6.92 Å². The summed E-state index contributed by atoms with van der Waals surface area (Å²) in [5.41, 5.74) is 5.99. The summed E-state index contributed by atoms with van der Waals surface area (Å²) in [7, 11) is -3.62. The van der Waals surface area contributed by atoms with E-state index in [9.17, 15) is 8.42 Å². The van der Waals surface area contributed by atoms with Crippen LogP contribution in [0.25, 0.3) is 0 Å². The Balaban J connectivity index is 2.31. The Hall–Kier alpha value is -0.330. The zero-order chi connectivity index (χ0) is 14.2. The molecule has 3 N–H and O–H groups in total. The van der Waals surface area contributed by atoms with Gasteiger partial charge in [0.15, 0.2) is 0 Å². The summed E-state index contributed by atoms with van der Waals surface area (Å²) in [5, 5.41) is 0.487. The van der Waals surface area contributed by atoms with Crippen molar-refractivity contribution in [3.05, 3.63) is 27.7 Å². The van der Waals surface area contributed by atoms with E-state index in [1.54, 1.807) is 0 Å². The predicted molar refractivity (Wildman–Crippen MR) is 76.9 cm³/mol. The van der Waals surface area contributed by atoms with E-state index in [-0.39, 0.29) is 22.5 Å². The van der Waals surface area contributed by atoms with Crippen molar-refractivity contribution in [2.45, 2.75) is 37.2 Å². The normalized spacial score (nSPS) is 22.5. The zero-order valence-electron chi connectivity index (χ0n) is 10.5. The highest BCUT2D eigenvalue weighted by atomic mass is 35.5. The Kier molecular flexibility index (Phi) is 4.42. The Labute approximate surface area is 123 Å². The summed E-state index contributed by atoms with van der Waals surface area (Å²) in [6.45, 7) is 2.14. The molecule has 0 heterocycles. The van der Waals surface area contributed by atoms with Gasteiger partial charge in [-0.15, -0.1) is 0 Å². The molecule has 7 heteroatoms. The number of hydrogen-bond acceptors (Lipinski definition) is 3. The standard InChI is InChI=1S/C12H16Cl2N2O2S/c1-2-7-5-10(7)16-19(17,18)11-4-3-9(13)8(6-15)12(11)14/h3-4,7,10,16H,2,5-6,15H2,1H3. The van der Waals surface area contributed by atoms with Gasteiger partial charge in [-0.2, -0.15) is 0 Å². The van der Waals surface area contributed by atoms with Gasteiger partial charge >= 0.3 is 0 Å². The van der Waals surface area contributed by atoms with Crippen molar-refractivity contribution in [2.75, 3.05) is 0 Å². The molecular weight excluding hydrogens is 307 g/mol. The number of nitrogens with two attached hydrogens (primary N) is 1. The summed E-state index contributed by atoms with van der Waals surface area (Å²) >= 11 is 12.0. The lowest BCUT2D eigenvalue weighted by molar-refractivity contribution is 0.576. The first kappa shape index (κ1) is 15.1. The summed E-state index contributed by atoms with van der Waals surface area (Å²) in [5.74, 6) is 0.426. The van der Waals surface area contributed by atoms with E-state index in [0.717, 1.165) is 12.8 Å². The molecule has 1 aliphatic rings. The first-order valence-corrected chi connectivity index (χ1v) is 8.33. The van der Waals surface area contributed by atoms with E-state index in [1.165, 1.54) is 12.1 Å². The lowest BCUT2D eigenvalue weighted by atomic mass is 10.2. The third-order valence-electron chi connectivity index (χ3n) is 3.40. The molecule has 19 heavy (non-hydrogen) atoms. The SMILES string of the molecule is CCC1CC1NS(=O)(=O)c1ccc(Cl)c(CN)c1Cl. The van der Waals surface area contributed by atoms with Crippen molar-refractivity contribution in [3.63, 3.8) is 0 Å². The zero-order valence-corrected chi connectivity index (χ0v) is 12.8. The molecule has 2 unspecified atom stereocenters. The van der Waals surface area contributed by atoms with Gasteiger partial charge in [-0.25, -0.2) is 13.1 Å². The molecule has 1 aliphatic carbocycles. The number of hydrogen-bond donors (Lipinski definition) is 2. The first-order valence-electron chi connectivity index (χ1n) is 6.10. The Morgan fingerprint density at radius 2 is 2.11 bits per heavy atom. The molecule has 1 aromatic rings. The quantitative estimate of drug-likeness (QED) is 0.874. The fourth-order valence-corrected chi connectivity index (χ4v) is 4.33. The summed E-state index contributed by atoms with van der Waals surface area (Å²) in [4.78, 5) is 0.0424. The number of sulfonamides is 1. The second-order valence-electron chi connectivity index (χ2n) is 4.67. The van der Waals surface area contributed by atoms with Gasteiger partial charge in [0, 0.05) is 23.2 Å². The van der Waals surface area contributed by atoms with E-state index in [4.69, 9.17) is 28.9 Å². The summed E-state index contributed by atoms with van der Waals surface area (Å²) < 4.78 is 27.2. The fraction of sp³-hybridized carbons (Fsp3) is 0.500. The van der Waals surface area contributed by atoms with Crippen molar-refractivity contribution in [2.24, 2.45) is 11.7 Å². The fourth-order valence-electron chi connectivity index (χ4n) is 2.08. The maximum atomic E-state index is 12.3. The van der Waals surface area contributed by atoms with Crippen molar-refractivity contribution < 1.29 is 8.42 Å². The van der Waals surface area contributed by atoms with Gasteiger partial charge in [-0.3, -0.25) is 0 Å². The van der Waals surface area contributed by atoms with Gasteiger partial charge in [-0.1, -0.05) is 36.5 Å². The van der Waals surface area contributed by atoms with Crippen molar-refractivity contribution in [1.29, 1.82) is 0 Å². The van der Waals surface area contributed by atoms with Crippen LogP contribution in [0.3, 0.4) is 0 Å². The first-order chi connectivity index (χ1) is 8.90. The molecule has 1 fully saturated rings. The minimum Gasteiger partial charge on any atom is -0.326 e. The Bertz CT molecular complexity index is 590. The van der Waals surface area contributed by atoms with Crippen molar-refractivity contribution >= 4 is 33.2 Å². The molecule has 1 aromatic carbocycles. The van der Waals surface area contributed by atoms with Crippen LogP contribution in [-0.2, 0) is 16.6 Å². The van der Waals surface area contributed by atoms with E-state index in [0.29, 0.717) is 16.5 Å². The topological polar surface area (TPSA) is 72.2 Å². The maximum Gasteiger partial charge on any atom is 0.242 e. The average molecular weight is 323 g/mol. The number of benzene rings is 1. The highest BCUT2D eigenvalue weighted by Crippen LogP contribution is 2.36. The minimum atomic E-state index is -3.62. The average Bonchev–Trinajstić information content (AvgIpc) is 3.06. The van der Waals surface area contributed by atoms with Crippen LogP contribution < -0.4 is 10.5 Å². The molecule has 0 spiro atoms. The highest BCUT2D eigenvalue weighted by Gasteiger charge is 2.39. The smallest absolute Gasteiger partial charge is 0.242 e. The molecule has 0 amide bonds. The van der Waals surface area contributed by atoms with Gasteiger partial charge in [-0.05, 0) is 24.5 Å². The molecule has 4 nitrogen and oxygen atoms in total. The molecule has 0 aromatic heterocycles. The van der Waals surface area contributed by atoms with Gasteiger partial charge < -0.3 is 5.73 Å². The van der Waals surface area contributed by atoms with E-state index in [2.05, 4.69) is 4.72 Å². The van der Waals surface area contributed by atoms with Crippen LogP contribution in [0.5, 0.6) is 0 Å². The lowest BCUT2D eigenvalue weighted by Gasteiger charge is -2.11. The van der Waals surface area contributed by atoms with Crippen LogP contribution in [-0.4, -0.2) is 14.5 Å². The summed E-state index contributed by atoms with van der Waals surface area (Å²) in [6.07, 6.45) is 1.85. The van der Waals surface area contributed by atoms with Crippen molar-refractivity contribution in [3.8, 4) is 0 Å². The van der Waals surface area contributed by atoms with Crippen LogP contribution in [0, 0.1) is 5.92 Å². The molecule has 0 aliphatic heterocycles. The third kappa shape index (κ3) is 3.06. The maximum absolute atomic E-state index is 12.3. The van der Waals surface area contributed by atoms with Gasteiger partial charge in [0.05, 0.1) is 5.02 Å². The molecule has 106 valence electrons. The molecule has 2 atom stereocenters. The number of halogens is 2. The molecule has 2 rings (SSSR count). The van der Waals surface area contributed by atoms with E-state index < -0.39 is 10.0 Å². The van der Waals surface area contributed by atoms with Crippen molar-refractivity contribution in [1.82, 2.24) is 4.72 Å². The van der Waals surface area contributed by atoms with E-state index >= 15 is 0 Å². The van der Waals surface area contributed by atoms with Crippen LogP contribution >= 0.6 is 23.2 Å². The lowest BCUT2D eigenvalue weighted by Crippen LogP contribution is -2.27. The highest BCUT2D eigenvalue weighted by molar-refractivity contribution is 7.89.